The Hall–Kier alpha value is -1.50. The molecular formula is C8H3F3N. The van der Waals surface area contributed by atoms with Crippen LogP contribution in [0.1, 0.15) is 11.1 Å². The van der Waals surface area contributed by atoms with Crippen LogP contribution in [0.5, 0.6) is 0 Å². The summed E-state index contributed by atoms with van der Waals surface area (Å²) < 4.78 is 36.3. The van der Waals surface area contributed by atoms with Crippen LogP contribution in [0.4, 0.5) is 13.2 Å². The number of hydrogen-bond acceptors (Lipinski definition) is 1. The molecule has 61 valence electrons. The van der Waals surface area contributed by atoms with E-state index in [9.17, 15) is 13.2 Å². The van der Waals surface area contributed by atoms with Gasteiger partial charge in [-0.25, -0.2) is 0 Å². The Morgan fingerprint density at radius 3 is 2.58 bits per heavy atom. The van der Waals surface area contributed by atoms with E-state index in [-0.39, 0.29) is 5.56 Å². The van der Waals surface area contributed by atoms with Crippen LogP contribution in [-0.4, -0.2) is 4.98 Å². The van der Waals surface area contributed by atoms with Gasteiger partial charge in [0, 0.05) is 6.20 Å². The second kappa shape index (κ2) is 2.86. The summed E-state index contributed by atoms with van der Waals surface area (Å²) in [5.41, 5.74) is -1.14. The molecule has 0 aliphatic rings. The molecule has 0 atom stereocenters. The van der Waals surface area contributed by atoms with E-state index in [1.165, 1.54) is 0 Å². The summed E-state index contributed by atoms with van der Waals surface area (Å²) in [6.07, 6.45) is 3.45. The highest BCUT2D eigenvalue weighted by Crippen LogP contribution is 2.30. The van der Waals surface area contributed by atoms with E-state index in [0.29, 0.717) is 0 Å². The summed E-state index contributed by atoms with van der Waals surface area (Å²) >= 11 is 0. The molecule has 0 bridgehead atoms. The SMILES string of the molecule is C#Cc1cn[c]cc1C(F)(F)F. The van der Waals surface area contributed by atoms with Crippen molar-refractivity contribution in [2.75, 3.05) is 0 Å². The maximum absolute atomic E-state index is 12.1. The molecule has 1 nitrogen and oxygen atoms in total. The molecule has 12 heavy (non-hydrogen) atoms. The first-order chi connectivity index (χ1) is 5.55. The van der Waals surface area contributed by atoms with Crippen LogP contribution in [0.25, 0.3) is 0 Å². The number of halogens is 3. The highest BCUT2D eigenvalue weighted by Gasteiger charge is 2.32. The minimum atomic E-state index is -4.43. The Bertz CT molecular complexity index is 322. The van der Waals surface area contributed by atoms with Crippen molar-refractivity contribution in [3.63, 3.8) is 0 Å². The molecule has 1 rings (SSSR count). The van der Waals surface area contributed by atoms with Gasteiger partial charge < -0.3 is 0 Å². The number of nitrogens with zero attached hydrogens (tertiary/aromatic N) is 1. The van der Waals surface area contributed by atoms with Crippen LogP contribution in [0.3, 0.4) is 0 Å². The van der Waals surface area contributed by atoms with Gasteiger partial charge in [0.05, 0.1) is 17.3 Å². The van der Waals surface area contributed by atoms with Crippen LogP contribution >= 0.6 is 0 Å². The minimum absolute atomic E-state index is 0.263. The average molecular weight is 170 g/mol. The molecule has 0 fully saturated rings. The van der Waals surface area contributed by atoms with Gasteiger partial charge >= 0.3 is 6.18 Å². The topological polar surface area (TPSA) is 12.9 Å². The highest BCUT2D eigenvalue weighted by molar-refractivity contribution is 5.38. The summed E-state index contributed by atoms with van der Waals surface area (Å²) in [4.78, 5) is 3.36. The second-order valence-electron chi connectivity index (χ2n) is 2.00. The molecule has 1 radical (unpaired) electrons. The zero-order valence-corrected chi connectivity index (χ0v) is 5.81. The number of rotatable bonds is 0. The number of pyridine rings is 1. The smallest absolute Gasteiger partial charge is 0.253 e. The summed E-state index contributed by atoms with van der Waals surface area (Å²) in [5, 5.41) is 0. The lowest BCUT2D eigenvalue weighted by Gasteiger charge is -2.06. The molecule has 1 heterocycles. The van der Waals surface area contributed by atoms with Crippen molar-refractivity contribution in [1.29, 1.82) is 0 Å². The van der Waals surface area contributed by atoms with Crippen LogP contribution in [0, 0.1) is 18.5 Å². The van der Waals surface area contributed by atoms with E-state index in [4.69, 9.17) is 6.42 Å². The Morgan fingerprint density at radius 1 is 1.50 bits per heavy atom. The van der Waals surface area contributed by atoms with E-state index >= 15 is 0 Å². The fourth-order valence-electron chi connectivity index (χ4n) is 0.700. The highest BCUT2D eigenvalue weighted by atomic mass is 19.4. The fourth-order valence-corrected chi connectivity index (χ4v) is 0.700. The maximum atomic E-state index is 12.1. The number of hydrogen-bond donors (Lipinski definition) is 0. The second-order valence-corrected chi connectivity index (χ2v) is 2.00. The zero-order valence-electron chi connectivity index (χ0n) is 5.81. The summed E-state index contributed by atoms with van der Waals surface area (Å²) in [6, 6.07) is 0.731. The predicted molar refractivity (Wildman–Crippen MR) is 36.0 cm³/mol. The molecule has 0 amide bonds. The largest absolute Gasteiger partial charge is 0.417 e. The molecule has 1 aromatic heterocycles. The minimum Gasteiger partial charge on any atom is -0.253 e. The van der Waals surface area contributed by atoms with Gasteiger partial charge in [-0.2, -0.15) is 13.2 Å². The Kier molecular flexibility index (Phi) is 2.05. The molecule has 0 N–H and O–H groups in total. The van der Waals surface area contributed by atoms with Gasteiger partial charge in [0.25, 0.3) is 0 Å². The van der Waals surface area contributed by atoms with Gasteiger partial charge in [0.2, 0.25) is 0 Å². The lowest BCUT2D eigenvalue weighted by molar-refractivity contribution is -0.137. The Balaban J connectivity index is 3.26. The van der Waals surface area contributed by atoms with Gasteiger partial charge in [0.15, 0.2) is 0 Å². The molecule has 0 aliphatic heterocycles. The monoisotopic (exact) mass is 170 g/mol. The molecule has 0 saturated carbocycles. The maximum Gasteiger partial charge on any atom is 0.417 e. The van der Waals surface area contributed by atoms with Crippen molar-refractivity contribution in [2.45, 2.75) is 6.18 Å². The third kappa shape index (κ3) is 1.56. The van der Waals surface area contributed by atoms with E-state index < -0.39 is 11.7 Å². The van der Waals surface area contributed by atoms with Crippen LogP contribution in [0.15, 0.2) is 12.3 Å². The Morgan fingerprint density at radius 2 is 2.17 bits per heavy atom. The summed E-state index contributed by atoms with van der Waals surface area (Å²) in [5.74, 6) is 1.90. The van der Waals surface area contributed by atoms with Crippen molar-refractivity contribution in [3.05, 3.63) is 29.6 Å². The fraction of sp³-hybridized carbons (Fsp3) is 0.125. The zero-order chi connectivity index (χ0) is 9.19. The van der Waals surface area contributed by atoms with Crippen molar-refractivity contribution < 1.29 is 13.2 Å². The molecule has 1 aromatic rings. The van der Waals surface area contributed by atoms with Crippen molar-refractivity contribution in [3.8, 4) is 12.3 Å². The average Bonchev–Trinajstić information content (AvgIpc) is 2.03. The first-order valence-corrected chi connectivity index (χ1v) is 2.95. The van der Waals surface area contributed by atoms with E-state index in [0.717, 1.165) is 12.3 Å². The van der Waals surface area contributed by atoms with Crippen molar-refractivity contribution in [1.82, 2.24) is 4.98 Å². The summed E-state index contributed by atoms with van der Waals surface area (Å²) in [6.45, 7) is 0. The standard InChI is InChI=1S/C8H3F3N/c1-2-6-5-12-4-3-7(6)8(9,10)11/h1,3,5H. The van der Waals surface area contributed by atoms with E-state index in [2.05, 4.69) is 11.2 Å². The van der Waals surface area contributed by atoms with Crippen LogP contribution in [-0.2, 0) is 6.18 Å². The third-order valence-electron chi connectivity index (χ3n) is 1.23. The third-order valence-corrected chi connectivity index (χ3v) is 1.23. The molecule has 0 saturated heterocycles. The quantitative estimate of drug-likeness (QED) is 0.542. The van der Waals surface area contributed by atoms with Gasteiger partial charge in [-0.1, -0.05) is 5.92 Å². The lowest BCUT2D eigenvalue weighted by atomic mass is 10.1. The van der Waals surface area contributed by atoms with Gasteiger partial charge in [0.1, 0.15) is 0 Å². The molecular weight excluding hydrogens is 167 g/mol. The van der Waals surface area contributed by atoms with Crippen molar-refractivity contribution in [2.24, 2.45) is 0 Å². The lowest BCUT2D eigenvalue weighted by Crippen LogP contribution is -2.07. The van der Waals surface area contributed by atoms with Crippen LogP contribution in [0.2, 0.25) is 0 Å². The molecule has 4 heteroatoms. The van der Waals surface area contributed by atoms with Gasteiger partial charge in [-0.3, -0.25) is 4.98 Å². The van der Waals surface area contributed by atoms with Crippen molar-refractivity contribution >= 4 is 0 Å². The first-order valence-electron chi connectivity index (χ1n) is 2.95. The number of alkyl halides is 3. The molecule has 0 unspecified atom stereocenters. The number of aromatic nitrogens is 1. The predicted octanol–water partition coefficient (Wildman–Crippen LogP) is 1.88. The molecule has 0 spiro atoms. The van der Waals surface area contributed by atoms with E-state index in [1.54, 1.807) is 0 Å². The number of terminal acetylenes is 1. The molecule has 0 aromatic carbocycles. The first kappa shape index (κ1) is 8.60. The molecule has 0 aliphatic carbocycles. The van der Waals surface area contributed by atoms with Crippen LogP contribution < -0.4 is 0 Å². The normalized spacial score (nSPS) is 10.8. The van der Waals surface area contributed by atoms with Gasteiger partial charge in [-0.05, 0) is 6.07 Å². The van der Waals surface area contributed by atoms with E-state index in [1.807, 2.05) is 5.92 Å². The Labute approximate surface area is 67.2 Å². The van der Waals surface area contributed by atoms with Gasteiger partial charge in [-0.15, -0.1) is 6.42 Å². The summed E-state index contributed by atoms with van der Waals surface area (Å²) in [7, 11) is 0.